The van der Waals surface area contributed by atoms with Gasteiger partial charge in [-0.2, -0.15) is 4.31 Å². The number of sulfonamides is 1. The molecule has 0 bridgehead atoms. The number of carbonyl (C=O) groups is 1. The second-order valence-electron chi connectivity index (χ2n) is 8.08. The number of rotatable bonds is 8. The average Bonchev–Trinajstić information content (AvgIpc) is 3.28. The van der Waals surface area contributed by atoms with Crippen LogP contribution in [0.15, 0.2) is 65.8 Å². The van der Waals surface area contributed by atoms with Crippen LogP contribution < -0.4 is 5.32 Å². The Hall–Kier alpha value is -3.08. The van der Waals surface area contributed by atoms with Gasteiger partial charge in [0.25, 0.3) is 0 Å². The van der Waals surface area contributed by atoms with E-state index in [-0.39, 0.29) is 17.2 Å². The van der Waals surface area contributed by atoms with Gasteiger partial charge in [-0.05, 0) is 30.2 Å². The van der Waals surface area contributed by atoms with Crippen molar-refractivity contribution >= 4 is 15.9 Å². The maximum atomic E-state index is 14.5. The standard InChI is InChI=1S/C24H27FN4O4S/c1-28-13-12-26-24(28)23(20-4-2-3-5-21(20)25)27-22(30)11-8-18-6-9-19(10-7-18)34(31,32)29-14-16-33-17-15-29/h2-7,9-10,12-13,23H,8,11,14-17H2,1H3,(H,27,30)/t23-/m1/s1. The molecule has 34 heavy (non-hydrogen) atoms. The number of imidazole rings is 1. The summed E-state index contributed by atoms with van der Waals surface area (Å²) in [6.07, 6.45) is 3.91. The van der Waals surface area contributed by atoms with E-state index < -0.39 is 21.9 Å². The summed E-state index contributed by atoms with van der Waals surface area (Å²) in [5.41, 5.74) is 1.17. The first kappa shape index (κ1) is 24.1. The van der Waals surface area contributed by atoms with Crippen molar-refractivity contribution in [2.75, 3.05) is 26.3 Å². The summed E-state index contributed by atoms with van der Waals surface area (Å²) in [4.78, 5) is 17.3. The summed E-state index contributed by atoms with van der Waals surface area (Å²) in [5.74, 6) is -0.162. The number of aryl methyl sites for hydroxylation is 2. The van der Waals surface area contributed by atoms with Gasteiger partial charge in [-0.25, -0.2) is 17.8 Å². The Labute approximate surface area is 198 Å². The number of carbonyl (C=O) groups excluding carboxylic acids is 1. The fourth-order valence-electron chi connectivity index (χ4n) is 3.90. The minimum absolute atomic E-state index is 0.158. The molecule has 4 rings (SSSR count). The van der Waals surface area contributed by atoms with E-state index in [1.165, 1.54) is 10.4 Å². The third kappa shape index (κ3) is 5.35. The Morgan fingerprint density at radius 2 is 1.85 bits per heavy atom. The minimum atomic E-state index is -3.56. The van der Waals surface area contributed by atoms with Crippen LogP contribution in [-0.2, 0) is 33.0 Å². The molecule has 0 saturated carbocycles. The maximum Gasteiger partial charge on any atom is 0.243 e. The largest absolute Gasteiger partial charge is 0.379 e. The van der Waals surface area contributed by atoms with Gasteiger partial charge >= 0.3 is 0 Å². The lowest BCUT2D eigenvalue weighted by molar-refractivity contribution is -0.121. The zero-order valence-corrected chi connectivity index (χ0v) is 19.7. The Bertz CT molecular complexity index is 1240. The monoisotopic (exact) mass is 486 g/mol. The van der Waals surface area contributed by atoms with Crippen molar-refractivity contribution in [3.05, 3.63) is 83.7 Å². The first-order valence-corrected chi connectivity index (χ1v) is 12.5. The van der Waals surface area contributed by atoms with Gasteiger partial charge in [0, 0.05) is 44.5 Å². The van der Waals surface area contributed by atoms with Crippen molar-refractivity contribution in [3.8, 4) is 0 Å². The highest BCUT2D eigenvalue weighted by Crippen LogP contribution is 2.23. The van der Waals surface area contributed by atoms with Crippen LogP contribution in [0.3, 0.4) is 0 Å². The highest BCUT2D eigenvalue weighted by Gasteiger charge is 2.26. The van der Waals surface area contributed by atoms with Crippen molar-refractivity contribution in [2.24, 2.45) is 7.05 Å². The fraction of sp³-hybridized carbons (Fsp3) is 0.333. The molecule has 180 valence electrons. The van der Waals surface area contributed by atoms with Gasteiger partial charge < -0.3 is 14.6 Å². The van der Waals surface area contributed by atoms with E-state index >= 15 is 0 Å². The SMILES string of the molecule is Cn1ccnc1[C@H](NC(=O)CCc1ccc(S(=O)(=O)N2CCOCC2)cc1)c1ccccc1F. The van der Waals surface area contributed by atoms with E-state index in [9.17, 15) is 17.6 Å². The van der Waals surface area contributed by atoms with E-state index in [4.69, 9.17) is 4.74 Å². The molecule has 3 aromatic rings. The van der Waals surface area contributed by atoms with Crippen molar-refractivity contribution in [1.82, 2.24) is 19.2 Å². The summed E-state index contributed by atoms with van der Waals surface area (Å²) >= 11 is 0. The van der Waals surface area contributed by atoms with Crippen molar-refractivity contribution in [1.29, 1.82) is 0 Å². The summed E-state index contributed by atoms with van der Waals surface area (Å²) < 4.78 is 48.4. The third-order valence-electron chi connectivity index (χ3n) is 5.81. The number of halogens is 1. The molecular weight excluding hydrogens is 459 g/mol. The van der Waals surface area contributed by atoms with Crippen molar-refractivity contribution in [3.63, 3.8) is 0 Å². The molecule has 1 atom stereocenters. The quantitative estimate of drug-likeness (QED) is 0.528. The van der Waals surface area contributed by atoms with E-state index in [1.807, 2.05) is 0 Å². The Kier molecular flexibility index (Phi) is 7.40. The Morgan fingerprint density at radius 1 is 1.15 bits per heavy atom. The van der Waals surface area contributed by atoms with Gasteiger partial charge in [0.2, 0.25) is 15.9 Å². The number of amides is 1. The zero-order chi connectivity index (χ0) is 24.1. The molecule has 8 nitrogen and oxygen atoms in total. The molecule has 1 aromatic heterocycles. The van der Waals surface area contributed by atoms with Crippen LogP contribution in [-0.4, -0.2) is 54.5 Å². The van der Waals surface area contributed by atoms with E-state index in [2.05, 4.69) is 10.3 Å². The van der Waals surface area contributed by atoms with Gasteiger partial charge in [-0.1, -0.05) is 30.3 Å². The second-order valence-corrected chi connectivity index (χ2v) is 10.0. The summed E-state index contributed by atoms with van der Waals surface area (Å²) in [6, 6.07) is 12.1. The number of aromatic nitrogens is 2. The molecular formula is C24H27FN4O4S. The molecule has 1 fully saturated rings. The zero-order valence-electron chi connectivity index (χ0n) is 18.9. The molecule has 2 heterocycles. The first-order valence-electron chi connectivity index (χ1n) is 11.0. The number of benzene rings is 2. The van der Waals surface area contributed by atoms with Crippen LogP contribution in [0, 0.1) is 5.82 Å². The number of morpholine rings is 1. The van der Waals surface area contributed by atoms with E-state index in [0.29, 0.717) is 44.1 Å². The molecule has 0 aliphatic carbocycles. The summed E-state index contributed by atoms with van der Waals surface area (Å²) in [7, 11) is -1.77. The molecule has 1 N–H and O–H groups in total. The Balaban J connectivity index is 1.41. The number of hydrogen-bond acceptors (Lipinski definition) is 5. The second kappa shape index (κ2) is 10.5. The molecule has 10 heteroatoms. The highest BCUT2D eigenvalue weighted by molar-refractivity contribution is 7.89. The molecule has 1 aliphatic heterocycles. The predicted octanol–water partition coefficient (Wildman–Crippen LogP) is 2.42. The fourth-order valence-corrected chi connectivity index (χ4v) is 5.31. The summed E-state index contributed by atoms with van der Waals surface area (Å²) in [6.45, 7) is 1.45. The first-order chi connectivity index (χ1) is 16.4. The van der Waals surface area contributed by atoms with Gasteiger partial charge in [0.05, 0.1) is 18.1 Å². The van der Waals surface area contributed by atoms with Crippen molar-refractivity contribution in [2.45, 2.75) is 23.8 Å². The van der Waals surface area contributed by atoms with Crippen LogP contribution in [0.5, 0.6) is 0 Å². The van der Waals surface area contributed by atoms with Crippen LogP contribution in [0.2, 0.25) is 0 Å². The van der Waals surface area contributed by atoms with E-state index in [1.54, 1.807) is 66.5 Å². The van der Waals surface area contributed by atoms with Gasteiger partial charge in [0.1, 0.15) is 17.7 Å². The lowest BCUT2D eigenvalue weighted by atomic mass is 10.0. The van der Waals surface area contributed by atoms with Gasteiger partial charge in [-0.3, -0.25) is 4.79 Å². The lowest BCUT2D eigenvalue weighted by Crippen LogP contribution is -2.40. The molecule has 0 radical (unpaired) electrons. The predicted molar refractivity (Wildman–Crippen MR) is 124 cm³/mol. The third-order valence-corrected chi connectivity index (χ3v) is 7.72. The number of ether oxygens (including phenoxy) is 1. The normalized spacial score (nSPS) is 15.7. The highest BCUT2D eigenvalue weighted by atomic mass is 32.2. The van der Waals surface area contributed by atoms with Crippen LogP contribution in [0.25, 0.3) is 0 Å². The maximum absolute atomic E-state index is 14.5. The Morgan fingerprint density at radius 3 is 2.50 bits per heavy atom. The van der Waals surface area contributed by atoms with Crippen LogP contribution >= 0.6 is 0 Å². The molecule has 1 aliphatic rings. The smallest absolute Gasteiger partial charge is 0.243 e. The number of nitrogens with one attached hydrogen (secondary N) is 1. The number of hydrogen-bond donors (Lipinski definition) is 1. The molecule has 0 unspecified atom stereocenters. The molecule has 1 amide bonds. The molecule has 1 saturated heterocycles. The molecule has 0 spiro atoms. The summed E-state index contributed by atoms with van der Waals surface area (Å²) in [5, 5.41) is 2.89. The molecule has 2 aromatic carbocycles. The van der Waals surface area contributed by atoms with Gasteiger partial charge in [0.15, 0.2) is 0 Å². The van der Waals surface area contributed by atoms with Crippen molar-refractivity contribution < 1.29 is 22.3 Å². The van der Waals surface area contributed by atoms with E-state index in [0.717, 1.165) is 5.56 Å². The minimum Gasteiger partial charge on any atom is -0.379 e. The van der Waals surface area contributed by atoms with Crippen LogP contribution in [0.4, 0.5) is 4.39 Å². The number of nitrogens with zero attached hydrogens (tertiary/aromatic N) is 3. The van der Waals surface area contributed by atoms with Crippen LogP contribution in [0.1, 0.15) is 29.4 Å². The topological polar surface area (TPSA) is 93.5 Å². The van der Waals surface area contributed by atoms with Gasteiger partial charge in [-0.15, -0.1) is 0 Å². The lowest BCUT2D eigenvalue weighted by Gasteiger charge is -2.26. The average molecular weight is 487 g/mol.